The summed E-state index contributed by atoms with van der Waals surface area (Å²) in [4.78, 5) is 4.61. The zero-order valence-corrected chi connectivity index (χ0v) is 10.0. The van der Waals surface area contributed by atoms with Crippen LogP contribution in [0.4, 0.5) is 11.4 Å². The van der Waals surface area contributed by atoms with Gasteiger partial charge in [-0.05, 0) is 24.3 Å². The predicted octanol–water partition coefficient (Wildman–Crippen LogP) is 3.22. The summed E-state index contributed by atoms with van der Waals surface area (Å²) < 4.78 is 5.31. The van der Waals surface area contributed by atoms with Crippen molar-refractivity contribution in [3.8, 4) is 0 Å². The molecule has 0 aromatic heterocycles. The molecule has 1 heterocycles. The molecule has 0 spiro atoms. The number of fused-ring (bicyclic) bond motifs is 2. The Balaban J connectivity index is 2.14. The second-order valence-corrected chi connectivity index (χ2v) is 4.31. The standard InChI is InChI=1S/C13H11ClN2O/c1-17-11-7-6-8(14)12-13(11)16-10-5-3-2-4-9(10)15-12/h2-7,12,15H,1H3. The summed E-state index contributed by atoms with van der Waals surface area (Å²) in [6, 6.07) is 7.78. The number of nitrogens with one attached hydrogen (secondary N) is 1. The summed E-state index contributed by atoms with van der Waals surface area (Å²) in [6.45, 7) is 0. The number of anilines is 1. The van der Waals surface area contributed by atoms with Gasteiger partial charge in [0.15, 0.2) is 0 Å². The van der Waals surface area contributed by atoms with E-state index in [1.54, 1.807) is 7.11 Å². The number of methoxy groups -OCH3 is 1. The Labute approximate surface area is 104 Å². The van der Waals surface area contributed by atoms with Gasteiger partial charge in [-0.2, -0.15) is 0 Å². The number of benzene rings is 1. The second-order valence-electron chi connectivity index (χ2n) is 3.88. The lowest BCUT2D eigenvalue weighted by Crippen LogP contribution is -2.35. The molecule has 1 atom stereocenters. The topological polar surface area (TPSA) is 33.6 Å². The molecule has 0 amide bonds. The van der Waals surface area contributed by atoms with Gasteiger partial charge >= 0.3 is 0 Å². The molecule has 1 aliphatic heterocycles. The van der Waals surface area contributed by atoms with Crippen molar-refractivity contribution in [2.75, 3.05) is 12.4 Å². The molecule has 1 aromatic rings. The van der Waals surface area contributed by atoms with Crippen LogP contribution in [-0.2, 0) is 4.74 Å². The van der Waals surface area contributed by atoms with E-state index in [0.29, 0.717) is 0 Å². The Morgan fingerprint density at radius 3 is 2.94 bits per heavy atom. The maximum atomic E-state index is 6.20. The van der Waals surface area contributed by atoms with Crippen molar-refractivity contribution in [3.05, 3.63) is 47.2 Å². The molecule has 4 heteroatoms. The molecule has 0 saturated carbocycles. The average molecular weight is 247 g/mol. The first kappa shape index (κ1) is 10.4. The third-order valence-electron chi connectivity index (χ3n) is 2.86. The van der Waals surface area contributed by atoms with Gasteiger partial charge in [-0.1, -0.05) is 23.7 Å². The number of nitrogens with zero attached hydrogens (tertiary/aromatic N) is 1. The molecule has 86 valence electrons. The first-order valence-electron chi connectivity index (χ1n) is 5.35. The van der Waals surface area contributed by atoms with Gasteiger partial charge in [0, 0.05) is 5.03 Å². The number of rotatable bonds is 1. The van der Waals surface area contributed by atoms with E-state index in [1.807, 2.05) is 36.4 Å². The Kier molecular flexibility index (Phi) is 2.41. The van der Waals surface area contributed by atoms with Crippen molar-refractivity contribution >= 4 is 28.7 Å². The zero-order chi connectivity index (χ0) is 11.8. The monoisotopic (exact) mass is 246 g/mol. The zero-order valence-electron chi connectivity index (χ0n) is 9.27. The van der Waals surface area contributed by atoms with Crippen LogP contribution >= 0.6 is 11.6 Å². The Bertz CT molecular complexity index is 560. The fourth-order valence-electron chi connectivity index (χ4n) is 2.02. The van der Waals surface area contributed by atoms with E-state index >= 15 is 0 Å². The number of hydrogen-bond acceptors (Lipinski definition) is 3. The van der Waals surface area contributed by atoms with E-state index < -0.39 is 0 Å². The van der Waals surface area contributed by atoms with Crippen molar-refractivity contribution in [2.45, 2.75) is 6.04 Å². The number of allylic oxidation sites excluding steroid dienone is 2. The highest BCUT2D eigenvalue weighted by Gasteiger charge is 2.30. The van der Waals surface area contributed by atoms with Crippen LogP contribution in [0.3, 0.4) is 0 Å². The third-order valence-corrected chi connectivity index (χ3v) is 3.20. The highest BCUT2D eigenvalue weighted by molar-refractivity contribution is 6.34. The van der Waals surface area contributed by atoms with Gasteiger partial charge in [0.1, 0.15) is 17.5 Å². The van der Waals surface area contributed by atoms with Crippen LogP contribution in [0.2, 0.25) is 0 Å². The summed E-state index contributed by atoms with van der Waals surface area (Å²) in [5.74, 6) is 0.751. The smallest absolute Gasteiger partial charge is 0.142 e. The van der Waals surface area contributed by atoms with Gasteiger partial charge in [-0.15, -0.1) is 0 Å². The van der Waals surface area contributed by atoms with E-state index in [0.717, 1.165) is 27.9 Å². The SMILES string of the molecule is COC1=CC=C(Cl)C2Nc3ccccc3N=C12. The summed E-state index contributed by atoms with van der Waals surface area (Å²) >= 11 is 6.20. The Morgan fingerprint density at radius 1 is 1.29 bits per heavy atom. The number of aliphatic imine (C=N–C) groups is 1. The van der Waals surface area contributed by atoms with Crippen molar-refractivity contribution in [1.82, 2.24) is 0 Å². The van der Waals surface area contributed by atoms with Crippen LogP contribution in [0.1, 0.15) is 0 Å². The van der Waals surface area contributed by atoms with Crippen molar-refractivity contribution in [2.24, 2.45) is 4.99 Å². The van der Waals surface area contributed by atoms with Gasteiger partial charge in [0.05, 0.1) is 18.5 Å². The van der Waals surface area contributed by atoms with E-state index in [2.05, 4.69) is 10.3 Å². The quantitative estimate of drug-likeness (QED) is 0.826. The molecule has 3 rings (SSSR count). The molecule has 0 fully saturated rings. The molecular weight excluding hydrogens is 236 g/mol. The lowest BCUT2D eigenvalue weighted by atomic mass is 10.0. The highest BCUT2D eigenvalue weighted by atomic mass is 35.5. The number of halogens is 1. The maximum Gasteiger partial charge on any atom is 0.142 e. The van der Waals surface area contributed by atoms with Gasteiger partial charge < -0.3 is 10.1 Å². The largest absolute Gasteiger partial charge is 0.495 e. The van der Waals surface area contributed by atoms with E-state index in [1.165, 1.54) is 0 Å². The molecule has 0 saturated heterocycles. The number of ether oxygens (including phenoxy) is 1. The molecule has 1 unspecified atom stereocenters. The van der Waals surface area contributed by atoms with Crippen molar-refractivity contribution in [3.63, 3.8) is 0 Å². The lowest BCUT2D eigenvalue weighted by molar-refractivity contribution is 0.313. The normalized spacial score (nSPS) is 21.3. The van der Waals surface area contributed by atoms with E-state index in [-0.39, 0.29) is 6.04 Å². The minimum absolute atomic E-state index is 0.105. The summed E-state index contributed by atoms with van der Waals surface area (Å²) in [6.07, 6.45) is 3.68. The third kappa shape index (κ3) is 1.63. The fraction of sp³-hybridized carbons (Fsp3) is 0.154. The average Bonchev–Trinajstić information content (AvgIpc) is 2.38. The number of hydrogen-bond donors (Lipinski definition) is 1. The van der Waals surface area contributed by atoms with Crippen LogP contribution in [0, 0.1) is 0 Å². The van der Waals surface area contributed by atoms with Crippen LogP contribution in [0.25, 0.3) is 0 Å². The molecule has 0 radical (unpaired) electrons. The summed E-state index contributed by atoms with van der Waals surface area (Å²) in [7, 11) is 1.64. The maximum absolute atomic E-state index is 6.20. The summed E-state index contributed by atoms with van der Waals surface area (Å²) in [5, 5.41) is 4.08. The van der Waals surface area contributed by atoms with Crippen molar-refractivity contribution in [1.29, 1.82) is 0 Å². The molecule has 1 N–H and O–H groups in total. The fourth-order valence-corrected chi connectivity index (χ4v) is 2.24. The summed E-state index contributed by atoms with van der Waals surface area (Å²) in [5.41, 5.74) is 2.73. The van der Waals surface area contributed by atoms with Gasteiger partial charge in [-0.25, -0.2) is 4.99 Å². The molecule has 0 bridgehead atoms. The Hall–Kier alpha value is -1.74. The molecule has 1 aliphatic carbocycles. The van der Waals surface area contributed by atoms with Crippen LogP contribution in [-0.4, -0.2) is 18.9 Å². The molecule has 1 aromatic carbocycles. The molecule has 3 nitrogen and oxygen atoms in total. The van der Waals surface area contributed by atoms with Crippen LogP contribution in [0.5, 0.6) is 0 Å². The Morgan fingerprint density at radius 2 is 2.12 bits per heavy atom. The molecule has 17 heavy (non-hydrogen) atoms. The van der Waals surface area contributed by atoms with E-state index in [9.17, 15) is 0 Å². The molecule has 2 aliphatic rings. The number of para-hydroxylation sites is 2. The van der Waals surface area contributed by atoms with Crippen LogP contribution < -0.4 is 5.32 Å². The van der Waals surface area contributed by atoms with Gasteiger partial charge in [0.2, 0.25) is 0 Å². The lowest BCUT2D eigenvalue weighted by Gasteiger charge is -2.29. The van der Waals surface area contributed by atoms with Gasteiger partial charge in [0.25, 0.3) is 0 Å². The van der Waals surface area contributed by atoms with Crippen molar-refractivity contribution < 1.29 is 4.74 Å². The van der Waals surface area contributed by atoms with E-state index in [4.69, 9.17) is 16.3 Å². The molecular formula is C13H11ClN2O. The predicted molar refractivity (Wildman–Crippen MR) is 70.0 cm³/mol. The van der Waals surface area contributed by atoms with Crippen LogP contribution in [0.15, 0.2) is 52.2 Å². The first-order chi connectivity index (χ1) is 8.29. The highest BCUT2D eigenvalue weighted by Crippen LogP contribution is 2.35. The minimum Gasteiger partial charge on any atom is -0.495 e. The first-order valence-corrected chi connectivity index (χ1v) is 5.73. The minimum atomic E-state index is -0.105. The second kappa shape index (κ2) is 3.93. The van der Waals surface area contributed by atoms with Gasteiger partial charge in [-0.3, -0.25) is 0 Å².